The van der Waals surface area contributed by atoms with Crippen molar-refractivity contribution in [2.24, 2.45) is 0 Å². The molecular weight excluding hydrogens is 132 g/mol. The van der Waals surface area contributed by atoms with Gasteiger partial charge >= 0.3 is 0 Å². The molecule has 0 aromatic heterocycles. The van der Waals surface area contributed by atoms with Crippen LogP contribution in [0.1, 0.15) is 61.3 Å². The summed E-state index contributed by atoms with van der Waals surface area (Å²) in [5.74, 6) is 2.25. The van der Waals surface area contributed by atoms with Gasteiger partial charge in [0.05, 0.1) is 0 Å². The average Bonchev–Trinajstić information content (AvgIpc) is 2.12. The molecule has 0 saturated carbocycles. The number of hydrogen-bond acceptors (Lipinski definition) is 0. The third-order valence-electron chi connectivity index (χ3n) is 0.500. The van der Waals surface area contributed by atoms with E-state index in [1.54, 1.807) is 6.92 Å². The zero-order chi connectivity index (χ0) is 10.1. The zero-order valence-electron chi connectivity index (χ0n) is 9.49. The van der Waals surface area contributed by atoms with Crippen molar-refractivity contribution in [2.45, 2.75) is 61.3 Å². The molecule has 11 heavy (non-hydrogen) atoms. The van der Waals surface area contributed by atoms with E-state index in [4.69, 9.17) is 0 Å². The number of terminal acetylenes is 1. The van der Waals surface area contributed by atoms with Gasteiger partial charge in [-0.05, 0) is 6.92 Å². The summed E-state index contributed by atoms with van der Waals surface area (Å²) in [6.45, 7) is 14.0. The Labute approximate surface area is 74.4 Å². The highest BCUT2D eigenvalue weighted by atomic mass is 13.6. The van der Waals surface area contributed by atoms with Gasteiger partial charge in [0.2, 0.25) is 0 Å². The second-order valence-electron chi connectivity index (χ2n) is 1.29. The molecule has 0 aliphatic heterocycles. The second kappa shape index (κ2) is 107. The molecule has 0 saturated heterocycles. The van der Waals surface area contributed by atoms with Crippen LogP contribution >= 0.6 is 0 Å². The van der Waals surface area contributed by atoms with Gasteiger partial charge in [0.25, 0.3) is 0 Å². The molecule has 0 N–H and O–H groups in total. The maximum Gasteiger partial charge on any atom is -0.00297 e. The zero-order valence-corrected chi connectivity index (χ0v) is 9.49. The molecule has 0 heteroatoms. The lowest BCUT2D eigenvalue weighted by Crippen LogP contribution is -1.47. The van der Waals surface area contributed by atoms with E-state index in [-0.39, 0.29) is 0 Å². The summed E-state index contributed by atoms with van der Waals surface area (Å²) in [6, 6.07) is 0. The monoisotopic (exact) mass is 158 g/mol. The van der Waals surface area contributed by atoms with Gasteiger partial charge in [0.1, 0.15) is 0 Å². The van der Waals surface area contributed by atoms with Crippen molar-refractivity contribution in [1.82, 2.24) is 0 Å². The largest absolute Gasteiger partial charge is 0.120 e. The smallest absolute Gasteiger partial charge is 0.00297 e. The lowest BCUT2D eigenvalue weighted by atomic mass is 10.4. The Morgan fingerprint density at radius 2 is 1.00 bits per heavy atom. The minimum Gasteiger partial charge on any atom is -0.120 e. The van der Waals surface area contributed by atoms with E-state index in [0.717, 1.165) is 0 Å². The molecule has 0 aromatic carbocycles. The van der Waals surface area contributed by atoms with E-state index in [9.17, 15) is 0 Å². The van der Waals surface area contributed by atoms with Gasteiger partial charge in [-0.25, -0.2) is 0 Å². The summed E-state index contributed by atoms with van der Waals surface area (Å²) in [7, 11) is 0. The highest BCUT2D eigenvalue weighted by Crippen LogP contribution is 1.76. The molecule has 0 aliphatic carbocycles. The molecule has 0 atom stereocenters. The van der Waals surface area contributed by atoms with E-state index >= 15 is 0 Å². The number of hydrogen-bond donors (Lipinski definition) is 0. The lowest BCUT2D eigenvalue weighted by molar-refractivity contribution is 0.886. The first-order valence-electron chi connectivity index (χ1n) is 4.70. The van der Waals surface area contributed by atoms with Crippen molar-refractivity contribution in [3.63, 3.8) is 0 Å². The van der Waals surface area contributed by atoms with Gasteiger partial charge < -0.3 is 0 Å². The van der Waals surface area contributed by atoms with Crippen LogP contribution in [0.25, 0.3) is 0 Å². The number of rotatable bonds is 1. The molecule has 0 heterocycles. The topological polar surface area (TPSA) is 0 Å². The fourth-order valence-corrected chi connectivity index (χ4v) is 0. The Bertz CT molecular complexity index is 36.5. The molecule has 0 nitrogen and oxygen atoms in total. The molecule has 0 amide bonds. The Hall–Kier alpha value is -0.440. The highest BCUT2D eigenvalue weighted by Gasteiger charge is 1.56. The van der Waals surface area contributed by atoms with Gasteiger partial charge in [-0.15, -0.1) is 12.3 Å². The van der Waals surface area contributed by atoms with Gasteiger partial charge in [-0.2, -0.15) is 0 Å². The van der Waals surface area contributed by atoms with Gasteiger partial charge in [0, 0.05) is 0 Å². The first-order chi connectivity index (χ1) is 5.33. The van der Waals surface area contributed by atoms with Crippen molar-refractivity contribution in [3.8, 4) is 12.3 Å². The van der Waals surface area contributed by atoms with Crippen molar-refractivity contribution in [3.05, 3.63) is 0 Å². The van der Waals surface area contributed by atoms with Gasteiger partial charge in [0.15, 0.2) is 0 Å². The summed E-state index contributed by atoms with van der Waals surface area (Å²) in [4.78, 5) is 0. The van der Waals surface area contributed by atoms with Crippen LogP contribution in [0.4, 0.5) is 0 Å². The van der Waals surface area contributed by atoms with E-state index < -0.39 is 0 Å². The molecule has 0 fully saturated rings. The summed E-state index contributed by atoms with van der Waals surface area (Å²) < 4.78 is 0. The first-order valence-corrected chi connectivity index (χ1v) is 4.70. The summed E-state index contributed by atoms with van der Waals surface area (Å²) in [6.07, 6.45) is 7.24. The minimum atomic E-state index is 1.32. The van der Waals surface area contributed by atoms with Crippen LogP contribution in [0, 0.1) is 12.3 Å². The SMILES string of the molecule is C#CC.CC.CC.CCCC. The maximum absolute atomic E-state index is 4.60. The van der Waals surface area contributed by atoms with Crippen molar-refractivity contribution >= 4 is 0 Å². The fraction of sp³-hybridized carbons (Fsp3) is 0.818. The van der Waals surface area contributed by atoms with Crippen LogP contribution in [-0.2, 0) is 0 Å². The Balaban J connectivity index is -0.0000000315. The predicted molar refractivity (Wildman–Crippen MR) is 57.8 cm³/mol. The van der Waals surface area contributed by atoms with Crippen molar-refractivity contribution < 1.29 is 0 Å². The van der Waals surface area contributed by atoms with E-state index in [1.807, 2.05) is 27.7 Å². The van der Waals surface area contributed by atoms with Crippen LogP contribution in [-0.4, -0.2) is 0 Å². The Morgan fingerprint density at radius 3 is 1.00 bits per heavy atom. The van der Waals surface area contributed by atoms with Crippen LogP contribution in [0.3, 0.4) is 0 Å². The Kier molecular flexibility index (Phi) is 218. The van der Waals surface area contributed by atoms with Crippen LogP contribution in [0.15, 0.2) is 0 Å². The quantitative estimate of drug-likeness (QED) is 0.493. The third-order valence-corrected chi connectivity index (χ3v) is 0.500. The Morgan fingerprint density at radius 1 is 0.909 bits per heavy atom. The van der Waals surface area contributed by atoms with Crippen LogP contribution < -0.4 is 0 Å². The van der Waals surface area contributed by atoms with E-state index in [1.165, 1.54) is 12.8 Å². The fourth-order valence-electron chi connectivity index (χ4n) is 0. The first kappa shape index (κ1) is 22.4. The molecule has 0 spiro atoms. The van der Waals surface area contributed by atoms with Crippen LogP contribution in [0.5, 0.6) is 0 Å². The molecule has 0 unspecified atom stereocenters. The van der Waals surface area contributed by atoms with Crippen molar-refractivity contribution in [2.75, 3.05) is 0 Å². The maximum atomic E-state index is 4.60. The minimum absolute atomic E-state index is 1.32. The summed E-state index contributed by atoms with van der Waals surface area (Å²) in [5.41, 5.74) is 0. The highest BCUT2D eigenvalue weighted by molar-refractivity contribution is 4.73. The molecule has 0 rings (SSSR count). The van der Waals surface area contributed by atoms with E-state index in [2.05, 4.69) is 26.2 Å². The second-order valence-corrected chi connectivity index (χ2v) is 1.29. The van der Waals surface area contributed by atoms with Crippen molar-refractivity contribution in [1.29, 1.82) is 0 Å². The molecule has 70 valence electrons. The normalized spacial score (nSPS) is 4.55. The van der Waals surface area contributed by atoms with Crippen LogP contribution in [0.2, 0.25) is 0 Å². The molecule has 0 bridgehead atoms. The summed E-state index contributed by atoms with van der Waals surface area (Å²) >= 11 is 0. The molecule has 0 radical (unpaired) electrons. The third kappa shape index (κ3) is 1740. The number of unbranched alkanes of at least 4 members (excludes halogenated alkanes) is 1. The predicted octanol–water partition coefficient (Wildman–Crippen LogP) is 4.50. The van der Waals surface area contributed by atoms with Gasteiger partial charge in [-0.3, -0.25) is 0 Å². The van der Waals surface area contributed by atoms with E-state index in [0.29, 0.717) is 0 Å². The average molecular weight is 158 g/mol. The summed E-state index contributed by atoms with van der Waals surface area (Å²) in [5, 5.41) is 0. The molecule has 0 aromatic rings. The van der Waals surface area contributed by atoms with Gasteiger partial charge in [-0.1, -0.05) is 54.4 Å². The molecular formula is C11H26. The standard InChI is InChI=1S/C4H10.C3H4.2C2H6/c1-3-4-2;1-3-2;2*1-2/h3-4H2,1-2H3;1H,2H3;2*1-2H3. The lowest BCUT2D eigenvalue weighted by Gasteiger charge is -1.68. The molecule has 0 aliphatic rings.